The number of nitrogens with one attached hydrogen (secondary N) is 1. The number of hydrogen-bond donors (Lipinski definition) is 2. The van der Waals surface area contributed by atoms with Crippen LogP contribution in [-0.4, -0.2) is 24.6 Å². The minimum absolute atomic E-state index is 0.248. The van der Waals surface area contributed by atoms with Crippen LogP contribution in [0.1, 0.15) is 11.7 Å². The fourth-order valence-electron chi connectivity index (χ4n) is 1.21. The second-order valence-corrected chi connectivity index (χ2v) is 3.23. The zero-order valence-corrected chi connectivity index (χ0v) is 8.26. The fourth-order valence-corrected chi connectivity index (χ4v) is 1.21. The zero-order chi connectivity index (χ0) is 12.1. The minimum Gasteiger partial charge on any atom is -0.387 e. The van der Waals surface area contributed by atoms with Gasteiger partial charge in [-0.1, -0.05) is 0 Å². The number of rotatable bonds is 5. The molecule has 16 heavy (non-hydrogen) atoms. The summed E-state index contributed by atoms with van der Waals surface area (Å²) in [5.41, 5.74) is -0.248. The van der Waals surface area contributed by atoms with E-state index in [1.165, 1.54) is 0 Å². The maximum absolute atomic E-state index is 13.1. The standard InChI is InChI=1S/C10H11F4NO/c11-6-1-2-8(12)7(3-6)9(16)4-15-5-10(13)14/h1-3,9-10,15-16H,4-5H2. The molecule has 1 aromatic rings. The summed E-state index contributed by atoms with van der Waals surface area (Å²) in [4.78, 5) is 0. The third kappa shape index (κ3) is 3.79. The SMILES string of the molecule is OC(CNCC(F)F)c1cc(F)ccc1F. The molecule has 1 aromatic carbocycles. The molecule has 0 aliphatic heterocycles. The molecule has 0 saturated heterocycles. The quantitative estimate of drug-likeness (QED) is 0.766. The van der Waals surface area contributed by atoms with Gasteiger partial charge in [0, 0.05) is 12.1 Å². The first-order valence-electron chi connectivity index (χ1n) is 4.62. The lowest BCUT2D eigenvalue weighted by atomic mass is 10.1. The molecule has 0 amide bonds. The Balaban J connectivity index is 2.58. The third-order valence-corrected chi connectivity index (χ3v) is 1.95. The van der Waals surface area contributed by atoms with Gasteiger partial charge in [0.1, 0.15) is 11.6 Å². The topological polar surface area (TPSA) is 32.3 Å². The minimum atomic E-state index is -2.55. The van der Waals surface area contributed by atoms with Crippen LogP contribution in [0, 0.1) is 11.6 Å². The van der Waals surface area contributed by atoms with Gasteiger partial charge in [0.15, 0.2) is 0 Å². The Morgan fingerprint density at radius 1 is 1.19 bits per heavy atom. The Labute approximate surface area is 89.9 Å². The molecule has 1 atom stereocenters. The lowest BCUT2D eigenvalue weighted by molar-refractivity contribution is 0.128. The second-order valence-electron chi connectivity index (χ2n) is 3.23. The van der Waals surface area contributed by atoms with Gasteiger partial charge in [-0.15, -0.1) is 0 Å². The summed E-state index contributed by atoms with van der Waals surface area (Å²) in [5.74, 6) is -1.46. The van der Waals surface area contributed by atoms with Crippen LogP contribution in [0.4, 0.5) is 17.6 Å². The Kier molecular flexibility index (Phi) is 4.70. The van der Waals surface area contributed by atoms with Crippen LogP contribution in [0.2, 0.25) is 0 Å². The predicted molar refractivity (Wildman–Crippen MR) is 50.2 cm³/mol. The summed E-state index contributed by atoms with van der Waals surface area (Å²) in [6.07, 6.45) is -3.90. The van der Waals surface area contributed by atoms with Gasteiger partial charge in [0.25, 0.3) is 6.43 Å². The summed E-state index contributed by atoms with van der Waals surface area (Å²) in [6.45, 7) is -0.862. The molecular formula is C10H11F4NO. The molecule has 0 aliphatic carbocycles. The van der Waals surface area contributed by atoms with Crippen molar-refractivity contribution >= 4 is 0 Å². The van der Waals surface area contributed by atoms with E-state index in [1.807, 2.05) is 0 Å². The molecule has 0 radical (unpaired) electrons. The number of halogens is 4. The predicted octanol–water partition coefficient (Wildman–Crippen LogP) is 1.85. The highest BCUT2D eigenvalue weighted by Crippen LogP contribution is 2.17. The maximum atomic E-state index is 13.1. The van der Waals surface area contributed by atoms with Gasteiger partial charge in [-0.2, -0.15) is 0 Å². The van der Waals surface area contributed by atoms with E-state index >= 15 is 0 Å². The molecule has 6 heteroatoms. The summed E-state index contributed by atoms with van der Waals surface area (Å²) in [6, 6.07) is 2.63. The molecule has 1 rings (SSSR count). The molecule has 1 unspecified atom stereocenters. The van der Waals surface area contributed by atoms with Crippen molar-refractivity contribution in [3.8, 4) is 0 Å². The number of aliphatic hydroxyl groups excluding tert-OH is 1. The average Bonchev–Trinajstić information content (AvgIpc) is 2.21. The Morgan fingerprint density at radius 2 is 1.88 bits per heavy atom. The van der Waals surface area contributed by atoms with Crippen molar-refractivity contribution in [2.45, 2.75) is 12.5 Å². The van der Waals surface area contributed by atoms with Crippen LogP contribution in [0.25, 0.3) is 0 Å². The maximum Gasteiger partial charge on any atom is 0.250 e. The number of hydrogen-bond acceptors (Lipinski definition) is 2. The highest BCUT2D eigenvalue weighted by atomic mass is 19.3. The summed E-state index contributed by atoms with van der Waals surface area (Å²) in [5, 5.41) is 11.7. The smallest absolute Gasteiger partial charge is 0.250 e. The largest absolute Gasteiger partial charge is 0.387 e. The lowest BCUT2D eigenvalue weighted by Crippen LogP contribution is -2.26. The molecular weight excluding hydrogens is 226 g/mol. The molecule has 0 spiro atoms. The molecule has 0 bridgehead atoms. The highest BCUT2D eigenvalue weighted by Gasteiger charge is 2.14. The van der Waals surface area contributed by atoms with Crippen molar-refractivity contribution in [2.24, 2.45) is 0 Å². The van der Waals surface area contributed by atoms with Gasteiger partial charge < -0.3 is 10.4 Å². The second kappa shape index (κ2) is 5.81. The number of aliphatic hydroxyl groups is 1. The molecule has 0 heterocycles. The van der Waals surface area contributed by atoms with Crippen LogP contribution in [0.5, 0.6) is 0 Å². The van der Waals surface area contributed by atoms with Crippen LogP contribution >= 0.6 is 0 Å². The number of benzene rings is 1. The normalized spacial score (nSPS) is 13.1. The summed E-state index contributed by atoms with van der Waals surface area (Å²) >= 11 is 0. The van der Waals surface area contributed by atoms with Crippen molar-refractivity contribution in [3.05, 3.63) is 35.4 Å². The van der Waals surface area contributed by atoms with Crippen molar-refractivity contribution in [1.29, 1.82) is 0 Å². The van der Waals surface area contributed by atoms with Crippen LogP contribution < -0.4 is 5.32 Å². The summed E-state index contributed by atoms with van der Waals surface area (Å²) < 4.78 is 49.3. The molecule has 0 aliphatic rings. The van der Waals surface area contributed by atoms with E-state index in [0.29, 0.717) is 0 Å². The Bertz CT molecular complexity index is 346. The third-order valence-electron chi connectivity index (χ3n) is 1.95. The van der Waals surface area contributed by atoms with Crippen molar-refractivity contribution in [2.75, 3.05) is 13.1 Å². The Hall–Kier alpha value is -1.14. The van der Waals surface area contributed by atoms with Gasteiger partial charge in [-0.3, -0.25) is 0 Å². The first-order chi connectivity index (χ1) is 7.50. The summed E-state index contributed by atoms with van der Waals surface area (Å²) in [7, 11) is 0. The van der Waals surface area contributed by atoms with Crippen LogP contribution in [0.15, 0.2) is 18.2 Å². The zero-order valence-electron chi connectivity index (χ0n) is 8.26. The Morgan fingerprint density at radius 3 is 2.50 bits per heavy atom. The molecule has 2 N–H and O–H groups in total. The molecule has 90 valence electrons. The van der Waals surface area contributed by atoms with E-state index in [-0.39, 0.29) is 12.1 Å². The van der Waals surface area contributed by atoms with E-state index in [2.05, 4.69) is 5.32 Å². The van der Waals surface area contributed by atoms with Gasteiger partial charge in [0.2, 0.25) is 0 Å². The highest BCUT2D eigenvalue weighted by molar-refractivity contribution is 5.21. The fraction of sp³-hybridized carbons (Fsp3) is 0.400. The molecule has 2 nitrogen and oxygen atoms in total. The van der Waals surface area contributed by atoms with Gasteiger partial charge in [0.05, 0.1) is 12.6 Å². The first kappa shape index (κ1) is 12.9. The van der Waals surface area contributed by atoms with Crippen LogP contribution in [0.3, 0.4) is 0 Å². The van der Waals surface area contributed by atoms with Crippen molar-refractivity contribution in [3.63, 3.8) is 0 Å². The monoisotopic (exact) mass is 237 g/mol. The van der Waals surface area contributed by atoms with E-state index in [1.54, 1.807) is 0 Å². The van der Waals surface area contributed by atoms with E-state index in [0.717, 1.165) is 18.2 Å². The lowest BCUT2D eigenvalue weighted by Gasteiger charge is -2.12. The van der Waals surface area contributed by atoms with E-state index < -0.39 is 30.7 Å². The number of alkyl halides is 2. The van der Waals surface area contributed by atoms with Crippen molar-refractivity contribution in [1.82, 2.24) is 5.32 Å². The van der Waals surface area contributed by atoms with Crippen molar-refractivity contribution < 1.29 is 22.7 Å². The van der Waals surface area contributed by atoms with Crippen LogP contribution in [-0.2, 0) is 0 Å². The van der Waals surface area contributed by atoms with Gasteiger partial charge in [-0.05, 0) is 18.2 Å². The molecule has 0 aromatic heterocycles. The van der Waals surface area contributed by atoms with Gasteiger partial charge in [-0.25, -0.2) is 17.6 Å². The molecule has 0 fully saturated rings. The van der Waals surface area contributed by atoms with Gasteiger partial charge >= 0.3 is 0 Å². The molecule has 0 saturated carbocycles. The average molecular weight is 237 g/mol. The van der Waals surface area contributed by atoms with E-state index in [4.69, 9.17) is 0 Å². The first-order valence-corrected chi connectivity index (χ1v) is 4.62. The van der Waals surface area contributed by atoms with E-state index in [9.17, 15) is 22.7 Å².